The van der Waals surface area contributed by atoms with E-state index in [1.807, 2.05) is 53.1 Å². The molecule has 4 aromatic rings. The first-order valence-corrected chi connectivity index (χ1v) is 13.3. The molecule has 9 nitrogen and oxygen atoms in total. The molecular weight excluding hydrogens is 559 g/mol. The van der Waals surface area contributed by atoms with E-state index >= 15 is 0 Å². The molecule has 0 radical (unpaired) electrons. The Balaban J connectivity index is 1.55. The first-order chi connectivity index (χ1) is 19.2. The molecule has 1 saturated heterocycles. The van der Waals surface area contributed by atoms with Crippen LogP contribution < -0.4 is 10.1 Å². The minimum Gasteiger partial charge on any atom is -0.496 e. The van der Waals surface area contributed by atoms with Crippen LogP contribution in [0.15, 0.2) is 66.9 Å². The molecule has 0 aliphatic carbocycles. The number of methoxy groups -OCH3 is 1. The minimum absolute atomic E-state index is 0.278. The third kappa shape index (κ3) is 5.42. The lowest BCUT2D eigenvalue weighted by molar-refractivity contribution is -0.252. The van der Waals surface area contributed by atoms with Gasteiger partial charge in [0.25, 0.3) is 5.91 Å². The van der Waals surface area contributed by atoms with Crippen LogP contribution in [0, 0.1) is 0 Å². The van der Waals surface area contributed by atoms with Crippen LogP contribution in [0.3, 0.4) is 0 Å². The van der Waals surface area contributed by atoms with Gasteiger partial charge in [-0.1, -0.05) is 59.6 Å². The number of halogens is 2. The molecule has 3 unspecified atom stereocenters. The standard InChI is InChI=1S/C29H28Cl2N2O7/c1-39-23-5-3-2-4-17(23)16-7-8-18-19(28(37)32-25-27(36)26(35)24(14-34)40-29(25)38)13-33(22(18)11-16)12-15-6-9-20(30)21(31)10-15/h2-11,13,24-27,29,34-36,38H,12,14H2,1H3,(H,32,37)/t24?,25-,26-,27?,29?/m1/s1. The van der Waals surface area contributed by atoms with Crippen LogP contribution in [0.1, 0.15) is 15.9 Å². The van der Waals surface area contributed by atoms with Gasteiger partial charge >= 0.3 is 0 Å². The van der Waals surface area contributed by atoms with Crippen molar-refractivity contribution in [3.63, 3.8) is 0 Å². The molecule has 1 fully saturated rings. The number of hydrogen-bond donors (Lipinski definition) is 5. The predicted octanol–water partition coefficient (Wildman–Crippen LogP) is 3.20. The summed E-state index contributed by atoms with van der Waals surface area (Å²) in [6.45, 7) is -0.239. The molecule has 3 aromatic carbocycles. The summed E-state index contributed by atoms with van der Waals surface area (Å²) < 4.78 is 12.6. The molecule has 210 valence electrons. The smallest absolute Gasteiger partial charge is 0.253 e. The monoisotopic (exact) mass is 586 g/mol. The Morgan fingerprint density at radius 3 is 2.52 bits per heavy atom. The van der Waals surface area contributed by atoms with Crippen molar-refractivity contribution >= 4 is 40.0 Å². The van der Waals surface area contributed by atoms with Gasteiger partial charge in [-0.05, 0) is 35.4 Å². The highest BCUT2D eigenvalue weighted by Crippen LogP contribution is 2.34. The molecule has 1 amide bonds. The second-order valence-corrected chi connectivity index (χ2v) is 10.4. The van der Waals surface area contributed by atoms with Crippen molar-refractivity contribution in [2.24, 2.45) is 0 Å². The van der Waals surface area contributed by atoms with Crippen LogP contribution in [-0.2, 0) is 11.3 Å². The third-order valence-electron chi connectivity index (χ3n) is 7.08. The van der Waals surface area contributed by atoms with Crippen molar-refractivity contribution in [1.29, 1.82) is 0 Å². The van der Waals surface area contributed by atoms with Gasteiger partial charge < -0.3 is 39.8 Å². The zero-order valence-corrected chi connectivity index (χ0v) is 22.9. The molecule has 0 saturated carbocycles. The molecule has 40 heavy (non-hydrogen) atoms. The Hall–Kier alpha value is -3.15. The van der Waals surface area contributed by atoms with Gasteiger partial charge in [0.05, 0.1) is 29.3 Å². The van der Waals surface area contributed by atoms with Crippen LogP contribution in [0.4, 0.5) is 0 Å². The van der Waals surface area contributed by atoms with E-state index in [2.05, 4.69) is 5.32 Å². The normalized spacial score (nSPS) is 22.8. The van der Waals surface area contributed by atoms with E-state index < -0.39 is 43.2 Å². The number of fused-ring (bicyclic) bond motifs is 1. The van der Waals surface area contributed by atoms with Crippen molar-refractivity contribution < 1.29 is 34.7 Å². The van der Waals surface area contributed by atoms with E-state index in [1.54, 1.807) is 25.4 Å². The maximum Gasteiger partial charge on any atom is 0.253 e. The van der Waals surface area contributed by atoms with Gasteiger partial charge in [0.1, 0.15) is 30.1 Å². The minimum atomic E-state index is -1.64. The first kappa shape index (κ1) is 28.4. The highest BCUT2D eigenvalue weighted by atomic mass is 35.5. The molecule has 2 heterocycles. The average Bonchev–Trinajstić information content (AvgIpc) is 3.32. The van der Waals surface area contributed by atoms with Crippen LogP contribution >= 0.6 is 23.2 Å². The molecular formula is C29H28Cl2N2O7. The maximum atomic E-state index is 13.5. The fourth-order valence-electron chi connectivity index (χ4n) is 4.97. The quantitative estimate of drug-likeness (QED) is 0.224. The predicted molar refractivity (Wildman–Crippen MR) is 151 cm³/mol. The number of rotatable bonds is 7. The molecule has 1 aliphatic rings. The fraction of sp³-hybridized carbons (Fsp3) is 0.276. The van der Waals surface area contributed by atoms with Crippen LogP contribution in [0.5, 0.6) is 5.75 Å². The van der Waals surface area contributed by atoms with Gasteiger partial charge in [-0.25, -0.2) is 0 Å². The number of benzene rings is 3. The third-order valence-corrected chi connectivity index (χ3v) is 7.82. The summed E-state index contributed by atoms with van der Waals surface area (Å²) in [7, 11) is 1.60. The Morgan fingerprint density at radius 2 is 1.80 bits per heavy atom. The summed E-state index contributed by atoms with van der Waals surface area (Å²) in [5.41, 5.74) is 3.61. The van der Waals surface area contributed by atoms with Crippen LogP contribution in [0.2, 0.25) is 10.0 Å². The topological polar surface area (TPSA) is 133 Å². The van der Waals surface area contributed by atoms with Crippen LogP contribution in [0.25, 0.3) is 22.0 Å². The number of nitrogens with one attached hydrogen (secondary N) is 1. The molecule has 1 aliphatic heterocycles. The van der Waals surface area contributed by atoms with Crippen molar-refractivity contribution in [2.75, 3.05) is 13.7 Å². The van der Waals surface area contributed by atoms with E-state index in [-0.39, 0.29) is 5.56 Å². The summed E-state index contributed by atoms with van der Waals surface area (Å²) >= 11 is 12.3. The number of aliphatic hydroxyl groups is 4. The number of hydrogen-bond acceptors (Lipinski definition) is 7. The number of aliphatic hydroxyl groups excluding tert-OH is 4. The summed E-state index contributed by atoms with van der Waals surface area (Å²) in [4.78, 5) is 13.5. The number of para-hydroxylation sites is 1. The van der Waals surface area contributed by atoms with Crippen LogP contribution in [-0.4, -0.2) is 75.3 Å². The molecule has 1 aromatic heterocycles. The average molecular weight is 587 g/mol. The van der Waals surface area contributed by atoms with Gasteiger partial charge in [-0.15, -0.1) is 0 Å². The van der Waals surface area contributed by atoms with E-state index in [9.17, 15) is 25.2 Å². The van der Waals surface area contributed by atoms with E-state index in [0.29, 0.717) is 27.7 Å². The van der Waals surface area contributed by atoms with Gasteiger partial charge in [0.15, 0.2) is 6.29 Å². The van der Waals surface area contributed by atoms with Crippen molar-refractivity contribution in [2.45, 2.75) is 37.2 Å². The van der Waals surface area contributed by atoms with E-state index in [1.165, 1.54) is 0 Å². The van der Waals surface area contributed by atoms with Crippen molar-refractivity contribution in [3.8, 4) is 16.9 Å². The van der Waals surface area contributed by atoms with Crippen molar-refractivity contribution in [1.82, 2.24) is 9.88 Å². The number of carbonyl (C=O) groups excluding carboxylic acids is 1. The lowest BCUT2D eigenvalue weighted by Crippen LogP contribution is -2.64. The zero-order valence-electron chi connectivity index (χ0n) is 21.4. The molecule has 11 heteroatoms. The first-order valence-electron chi connectivity index (χ1n) is 12.5. The Labute approximate surface area is 240 Å². The van der Waals surface area contributed by atoms with E-state index in [0.717, 1.165) is 22.2 Å². The fourth-order valence-corrected chi connectivity index (χ4v) is 5.29. The van der Waals surface area contributed by atoms with Gasteiger partial charge in [0.2, 0.25) is 0 Å². The summed E-state index contributed by atoms with van der Waals surface area (Å²) in [6.07, 6.45) is -4.21. The van der Waals surface area contributed by atoms with E-state index in [4.69, 9.17) is 32.7 Å². The number of ether oxygens (including phenoxy) is 2. The maximum absolute atomic E-state index is 13.5. The molecule has 0 spiro atoms. The number of carbonyl (C=O) groups is 1. The second-order valence-electron chi connectivity index (χ2n) is 9.58. The number of nitrogens with zero attached hydrogens (tertiary/aromatic N) is 1. The highest BCUT2D eigenvalue weighted by Gasteiger charge is 2.44. The molecule has 5 N–H and O–H groups in total. The Morgan fingerprint density at radius 1 is 1.02 bits per heavy atom. The Kier molecular flexibility index (Phi) is 8.34. The van der Waals surface area contributed by atoms with Gasteiger partial charge in [-0.3, -0.25) is 4.79 Å². The zero-order chi connectivity index (χ0) is 28.6. The van der Waals surface area contributed by atoms with Gasteiger partial charge in [0, 0.05) is 29.2 Å². The summed E-state index contributed by atoms with van der Waals surface area (Å²) in [5.74, 6) is 0.103. The second kappa shape index (κ2) is 11.8. The highest BCUT2D eigenvalue weighted by molar-refractivity contribution is 6.42. The molecule has 5 atom stereocenters. The number of aromatic nitrogens is 1. The van der Waals surface area contributed by atoms with Crippen molar-refractivity contribution in [3.05, 3.63) is 88.0 Å². The van der Waals surface area contributed by atoms with Gasteiger partial charge in [-0.2, -0.15) is 0 Å². The summed E-state index contributed by atoms with van der Waals surface area (Å²) in [6, 6.07) is 17.2. The lowest BCUT2D eigenvalue weighted by atomic mass is 9.96. The lowest BCUT2D eigenvalue weighted by Gasteiger charge is -2.40. The SMILES string of the molecule is COc1ccccc1-c1ccc2c(C(=O)N[C@H]3C(O)OC(CO)[C@@H](O)C3O)cn(Cc3ccc(Cl)c(Cl)c3)c2c1. The largest absolute Gasteiger partial charge is 0.496 e. The Bertz CT molecular complexity index is 1540. The molecule has 5 rings (SSSR count). The number of amides is 1. The summed E-state index contributed by atoms with van der Waals surface area (Å²) in [5, 5.41) is 44.5. The molecule has 0 bridgehead atoms.